The predicted octanol–water partition coefficient (Wildman–Crippen LogP) is 2.74. The summed E-state index contributed by atoms with van der Waals surface area (Å²) in [6.45, 7) is 0.190. The molecule has 1 rings (SSSR count). The molecular formula is C10H11ClF3NO. The average Bonchev–Trinajstić information content (AvgIpc) is 2.16. The Kier molecular flexibility index (Phi) is 4.18. The first-order valence-electron chi connectivity index (χ1n) is 4.60. The van der Waals surface area contributed by atoms with E-state index in [2.05, 4.69) is 0 Å². The van der Waals surface area contributed by atoms with Crippen molar-refractivity contribution in [3.05, 3.63) is 34.3 Å². The molecule has 0 heterocycles. The molecule has 1 aromatic rings. The van der Waals surface area contributed by atoms with Crippen molar-refractivity contribution in [3.8, 4) is 0 Å². The van der Waals surface area contributed by atoms with Gasteiger partial charge in [-0.3, -0.25) is 0 Å². The maximum Gasteiger partial charge on any atom is 0.416 e. The SMILES string of the molecule is NCC[C@H](O)c1cc(Cl)cc(C(F)(F)F)c1. The normalized spacial score (nSPS) is 13.9. The average molecular weight is 254 g/mol. The highest BCUT2D eigenvalue weighted by Crippen LogP contribution is 2.33. The number of nitrogens with two attached hydrogens (primary N) is 1. The van der Waals surface area contributed by atoms with Gasteiger partial charge in [-0.1, -0.05) is 11.6 Å². The minimum atomic E-state index is -4.47. The number of hydrogen-bond acceptors (Lipinski definition) is 2. The molecule has 0 aliphatic rings. The minimum absolute atomic E-state index is 0.0547. The smallest absolute Gasteiger partial charge is 0.388 e. The van der Waals surface area contributed by atoms with Crippen LogP contribution >= 0.6 is 11.6 Å². The molecule has 0 saturated heterocycles. The molecule has 0 saturated carbocycles. The van der Waals surface area contributed by atoms with Gasteiger partial charge in [0.05, 0.1) is 11.7 Å². The molecule has 90 valence electrons. The van der Waals surface area contributed by atoms with E-state index in [1.54, 1.807) is 0 Å². The molecule has 0 radical (unpaired) electrons. The number of alkyl halides is 3. The molecule has 0 aliphatic heterocycles. The van der Waals surface area contributed by atoms with Crippen molar-refractivity contribution in [2.75, 3.05) is 6.54 Å². The molecule has 6 heteroatoms. The molecule has 3 N–H and O–H groups in total. The maximum absolute atomic E-state index is 12.4. The largest absolute Gasteiger partial charge is 0.416 e. The minimum Gasteiger partial charge on any atom is -0.388 e. The summed E-state index contributed by atoms with van der Waals surface area (Å²) < 4.78 is 37.3. The number of aliphatic hydroxyl groups is 1. The molecule has 1 aromatic carbocycles. The van der Waals surface area contributed by atoms with Gasteiger partial charge in [0, 0.05) is 5.02 Å². The molecule has 0 aliphatic carbocycles. The molecular weight excluding hydrogens is 243 g/mol. The van der Waals surface area contributed by atoms with E-state index in [9.17, 15) is 18.3 Å². The summed E-state index contributed by atoms with van der Waals surface area (Å²) in [5.41, 5.74) is 4.47. The van der Waals surface area contributed by atoms with Gasteiger partial charge in [-0.25, -0.2) is 0 Å². The Labute approximate surface area is 95.8 Å². The fraction of sp³-hybridized carbons (Fsp3) is 0.400. The number of halogens is 4. The summed E-state index contributed by atoms with van der Waals surface area (Å²) in [5, 5.41) is 9.47. The Morgan fingerprint density at radius 3 is 2.44 bits per heavy atom. The van der Waals surface area contributed by atoms with Gasteiger partial charge in [-0.2, -0.15) is 13.2 Å². The lowest BCUT2D eigenvalue weighted by Gasteiger charge is -2.13. The summed E-state index contributed by atoms with van der Waals surface area (Å²) in [6, 6.07) is 3.00. The summed E-state index contributed by atoms with van der Waals surface area (Å²) in [7, 11) is 0. The summed E-state index contributed by atoms with van der Waals surface area (Å²) in [6.07, 6.45) is -5.30. The second-order valence-electron chi connectivity index (χ2n) is 3.36. The van der Waals surface area contributed by atoms with Crippen molar-refractivity contribution in [3.63, 3.8) is 0 Å². The van der Waals surface area contributed by atoms with Crippen molar-refractivity contribution < 1.29 is 18.3 Å². The molecule has 2 nitrogen and oxygen atoms in total. The zero-order valence-electron chi connectivity index (χ0n) is 8.26. The second-order valence-corrected chi connectivity index (χ2v) is 3.80. The van der Waals surface area contributed by atoms with Crippen LogP contribution in [0.3, 0.4) is 0 Å². The van der Waals surface area contributed by atoms with Crippen LogP contribution in [0.2, 0.25) is 5.02 Å². The standard InChI is InChI=1S/C10H11ClF3NO/c11-8-4-6(9(16)1-2-15)3-7(5-8)10(12,13)14/h3-5,9,16H,1-2,15H2/t9-/m0/s1. The van der Waals surface area contributed by atoms with Crippen LogP contribution in [0.1, 0.15) is 23.7 Å². The van der Waals surface area contributed by atoms with Gasteiger partial charge >= 0.3 is 6.18 Å². The Balaban J connectivity index is 3.08. The molecule has 1 atom stereocenters. The van der Waals surface area contributed by atoms with E-state index >= 15 is 0 Å². The molecule has 0 unspecified atom stereocenters. The van der Waals surface area contributed by atoms with E-state index in [1.165, 1.54) is 6.07 Å². The zero-order chi connectivity index (χ0) is 12.3. The summed E-state index contributed by atoms with van der Waals surface area (Å²) in [5.74, 6) is 0. The molecule has 0 spiro atoms. The second kappa shape index (κ2) is 5.03. The Morgan fingerprint density at radius 1 is 1.31 bits per heavy atom. The maximum atomic E-state index is 12.4. The number of benzene rings is 1. The molecule has 0 bridgehead atoms. The van der Waals surface area contributed by atoms with E-state index in [4.69, 9.17) is 17.3 Å². The lowest BCUT2D eigenvalue weighted by Crippen LogP contribution is -2.10. The van der Waals surface area contributed by atoms with Crippen molar-refractivity contribution >= 4 is 11.6 Å². The molecule has 0 fully saturated rings. The third-order valence-corrected chi connectivity index (χ3v) is 2.29. The number of hydrogen-bond donors (Lipinski definition) is 2. The third-order valence-electron chi connectivity index (χ3n) is 2.07. The van der Waals surface area contributed by atoms with E-state index in [1.807, 2.05) is 0 Å². The van der Waals surface area contributed by atoms with Crippen LogP contribution in [0.25, 0.3) is 0 Å². The van der Waals surface area contributed by atoms with E-state index in [0.717, 1.165) is 12.1 Å². The lowest BCUT2D eigenvalue weighted by molar-refractivity contribution is -0.137. The monoisotopic (exact) mass is 253 g/mol. The molecule has 0 aromatic heterocycles. The van der Waals surface area contributed by atoms with Crippen molar-refractivity contribution in [2.45, 2.75) is 18.7 Å². The van der Waals surface area contributed by atoms with Gasteiger partial charge in [-0.15, -0.1) is 0 Å². The van der Waals surface area contributed by atoms with Crippen LogP contribution in [0.5, 0.6) is 0 Å². The van der Waals surface area contributed by atoms with Crippen LogP contribution in [-0.2, 0) is 6.18 Å². The van der Waals surface area contributed by atoms with Crippen LogP contribution in [-0.4, -0.2) is 11.7 Å². The van der Waals surface area contributed by atoms with Crippen LogP contribution < -0.4 is 5.73 Å². The van der Waals surface area contributed by atoms with Crippen molar-refractivity contribution in [1.29, 1.82) is 0 Å². The Morgan fingerprint density at radius 2 is 1.94 bits per heavy atom. The quantitative estimate of drug-likeness (QED) is 0.870. The van der Waals surface area contributed by atoms with Crippen molar-refractivity contribution in [1.82, 2.24) is 0 Å². The van der Waals surface area contributed by atoms with E-state index < -0.39 is 17.8 Å². The highest BCUT2D eigenvalue weighted by molar-refractivity contribution is 6.30. The van der Waals surface area contributed by atoms with Gasteiger partial charge in [0.2, 0.25) is 0 Å². The highest BCUT2D eigenvalue weighted by atomic mass is 35.5. The Bertz CT molecular complexity index is 368. The van der Waals surface area contributed by atoms with Gasteiger partial charge in [-0.05, 0) is 36.7 Å². The first kappa shape index (κ1) is 13.3. The molecule has 0 amide bonds. The zero-order valence-corrected chi connectivity index (χ0v) is 9.02. The first-order valence-corrected chi connectivity index (χ1v) is 4.98. The van der Waals surface area contributed by atoms with E-state index in [0.29, 0.717) is 0 Å². The lowest BCUT2D eigenvalue weighted by atomic mass is 10.0. The van der Waals surface area contributed by atoms with Gasteiger partial charge in [0.25, 0.3) is 0 Å². The predicted molar refractivity (Wildman–Crippen MR) is 55.1 cm³/mol. The summed E-state index contributed by atoms with van der Waals surface area (Å²) in [4.78, 5) is 0. The molecule has 16 heavy (non-hydrogen) atoms. The highest BCUT2D eigenvalue weighted by Gasteiger charge is 2.31. The topological polar surface area (TPSA) is 46.2 Å². The Hall–Kier alpha value is -0.780. The van der Waals surface area contributed by atoms with Gasteiger partial charge < -0.3 is 10.8 Å². The fourth-order valence-corrected chi connectivity index (χ4v) is 1.54. The fourth-order valence-electron chi connectivity index (χ4n) is 1.29. The van der Waals surface area contributed by atoms with Crippen molar-refractivity contribution in [2.24, 2.45) is 5.73 Å². The summed E-state index contributed by atoms with van der Waals surface area (Å²) >= 11 is 5.56. The van der Waals surface area contributed by atoms with Gasteiger partial charge in [0.15, 0.2) is 0 Å². The van der Waals surface area contributed by atoms with E-state index in [-0.39, 0.29) is 23.6 Å². The van der Waals surface area contributed by atoms with Crippen LogP contribution in [0.15, 0.2) is 18.2 Å². The van der Waals surface area contributed by atoms with Crippen LogP contribution in [0.4, 0.5) is 13.2 Å². The number of rotatable bonds is 3. The number of aliphatic hydroxyl groups excluding tert-OH is 1. The van der Waals surface area contributed by atoms with Gasteiger partial charge in [0.1, 0.15) is 0 Å². The third kappa shape index (κ3) is 3.37. The first-order chi connectivity index (χ1) is 7.34. The van der Waals surface area contributed by atoms with Crippen LogP contribution in [0, 0.1) is 0 Å².